The van der Waals surface area contributed by atoms with E-state index in [0.717, 1.165) is 6.26 Å². The van der Waals surface area contributed by atoms with Crippen molar-refractivity contribution in [2.45, 2.75) is 13.5 Å². The molecule has 0 atom stereocenters. The van der Waals surface area contributed by atoms with Crippen molar-refractivity contribution in [1.29, 1.82) is 0 Å². The molecule has 0 amide bonds. The van der Waals surface area contributed by atoms with Gasteiger partial charge in [0.25, 0.3) is 10.1 Å². The fourth-order valence-corrected chi connectivity index (χ4v) is 1.55. The Morgan fingerprint density at radius 2 is 1.84 bits per heavy atom. The third-order valence-corrected chi connectivity index (χ3v) is 2.57. The van der Waals surface area contributed by atoms with E-state index >= 15 is 0 Å². The Labute approximate surface area is 112 Å². The lowest BCUT2D eigenvalue weighted by molar-refractivity contribution is -0.145. The molecule has 0 aliphatic heterocycles. The molecule has 0 spiro atoms. The second kappa shape index (κ2) is 7.10. The Balaban J connectivity index is 2.45. The van der Waals surface area contributed by atoms with Crippen molar-refractivity contribution in [3.8, 4) is 5.75 Å². The number of ether oxygens (including phenoxy) is 2. The average molecular weight is 288 g/mol. The Bertz CT molecular complexity index is 506. The summed E-state index contributed by atoms with van der Waals surface area (Å²) in [5, 5.41) is 0. The maximum atomic E-state index is 11.1. The zero-order valence-electron chi connectivity index (χ0n) is 10.8. The first-order valence-corrected chi connectivity index (χ1v) is 7.44. The van der Waals surface area contributed by atoms with E-state index in [1.165, 1.54) is 0 Å². The first-order valence-electron chi connectivity index (χ1n) is 5.62. The van der Waals surface area contributed by atoms with Gasteiger partial charge in [-0.3, -0.25) is 4.18 Å². The van der Waals surface area contributed by atoms with E-state index in [9.17, 15) is 13.2 Å². The van der Waals surface area contributed by atoms with Gasteiger partial charge in [-0.25, -0.2) is 4.79 Å². The van der Waals surface area contributed by atoms with Gasteiger partial charge in [0, 0.05) is 0 Å². The van der Waals surface area contributed by atoms with Crippen LogP contribution in [0.25, 0.3) is 0 Å². The van der Waals surface area contributed by atoms with E-state index in [4.69, 9.17) is 9.47 Å². The molecule has 0 fully saturated rings. The van der Waals surface area contributed by atoms with Crippen LogP contribution in [0, 0.1) is 0 Å². The van der Waals surface area contributed by atoms with Gasteiger partial charge in [0.1, 0.15) is 5.75 Å². The quantitative estimate of drug-likeness (QED) is 0.552. The van der Waals surface area contributed by atoms with Gasteiger partial charge in [0.2, 0.25) is 0 Å². The van der Waals surface area contributed by atoms with E-state index in [1.54, 1.807) is 31.2 Å². The fraction of sp³-hybridized carbons (Fsp3) is 0.417. The number of esters is 1. The van der Waals surface area contributed by atoms with Crippen LogP contribution in [0.15, 0.2) is 24.3 Å². The highest BCUT2D eigenvalue weighted by Gasteiger charge is 2.05. The van der Waals surface area contributed by atoms with E-state index < -0.39 is 16.1 Å². The highest BCUT2D eigenvalue weighted by molar-refractivity contribution is 7.85. The molecule has 1 aromatic rings. The Morgan fingerprint density at radius 1 is 1.21 bits per heavy atom. The predicted molar refractivity (Wildman–Crippen MR) is 68.2 cm³/mol. The molecule has 106 valence electrons. The second-order valence-electron chi connectivity index (χ2n) is 3.70. The van der Waals surface area contributed by atoms with Crippen molar-refractivity contribution < 1.29 is 26.9 Å². The molecule has 6 nitrogen and oxygen atoms in total. The predicted octanol–water partition coefficient (Wildman–Crippen LogP) is 1.10. The van der Waals surface area contributed by atoms with E-state index in [1.807, 2.05) is 0 Å². The van der Waals surface area contributed by atoms with Crippen LogP contribution in [-0.4, -0.2) is 33.9 Å². The molecule has 19 heavy (non-hydrogen) atoms. The highest BCUT2D eigenvalue weighted by atomic mass is 32.2. The maximum absolute atomic E-state index is 11.1. The summed E-state index contributed by atoms with van der Waals surface area (Å²) in [4.78, 5) is 11.1. The van der Waals surface area contributed by atoms with Crippen LogP contribution in [0.5, 0.6) is 5.75 Å². The minimum atomic E-state index is -3.45. The molecule has 0 aliphatic carbocycles. The maximum Gasteiger partial charge on any atom is 0.344 e. The van der Waals surface area contributed by atoms with Gasteiger partial charge in [0.05, 0.1) is 19.5 Å². The molecule has 0 saturated heterocycles. The van der Waals surface area contributed by atoms with Gasteiger partial charge in [-0.05, 0) is 24.6 Å². The molecule has 0 aromatic heterocycles. The molecule has 0 aliphatic rings. The Morgan fingerprint density at radius 3 is 2.37 bits per heavy atom. The van der Waals surface area contributed by atoms with Crippen LogP contribution in [0.1, 0.15) is 12.5 Å². The van der Waals surface area contributed by atoms with Gasteiger partial charge < -0.3 is 9.47 Å². The molecule has 0 saturated carbocycles. The SMILES string of the molecule is CCOC(=O)COc1ccc(COS(C)(=O)=O)cc1. The second-order valence-corrected chi connectivity index (χ2v) is 5.35. The lowest BCUT2D eigenvalue weighted by Crippen LogP contribution is -2.14. The van der Waals surface area contributed by atoms with E-state index in [0.29, 0.717) is 17.9 Å². The van der Waals surface area contributed by atoms with Crippen molar-refractivity contribution in [2.24, 2.45) is 0 Å². The molecular weight excluding hydrogens is 272 g/mol. The van der Waals surface area contributed by atoms with Crippen LogP contribution in [0.2, 0.25) is 0 Å². The number of carbonyl (C=O) groups excluding carboxylic acids is 1. The molecule has 0 unspecified atom stereocenters. The van der Waals surface area contributed by atoms with Gasteiger partial charge >= 0.3 is 5.97 Å². The summed E-state index contributed by atoms with van der Waals surface area (Å²) in [5.74, 6) is 0.0585. The summed E-state index contributed by atoms with van der Waals surface area (Å²) in [6.45, 7) is 1.84. The molecule has 0 radical (unpaired) electrons. The van der Waals surface area contributed by atoms with Crippen LogP contribution >= 0.6 is 0 Å². The minimum Gasteiger partial charge on any atom is -0.482 e. The smallest absolute Gasteiger partial charge is 0.344 e. The monoisotopic (exact) mass is 288 g/mol. The van der Waals surface area contributed by atoms with Crippen LogP contribution in [0.4, 0.5) is 0 Å². The molecule has 0 N–H and O–H groups in total. The fourth-order valence-electron chi connectivity index (χ4n) is 1.20. The van der Waals surface area contributed by atoms with Crippen LogP contribution in [0.3, 0.4) is 0 Å². The summed E-state index contributed by atoms with van der Waals surface area (Å²) < 4.78 is 36.2. The average Bonchev–Trinajstić information content (AvgIpc) is 2.34. The van der Waals surface area contributed by atoms with Crippen molar-refractivity contribution in [1.82, 2.24) is 0 Å². The summed E-state index contributed by atoms with van der Waals surface area (Å²) >= 11 is 0. The third-order valence-electron chi connectivity index (χ3n) is 2.03. The van der Waals surface area contributed by atoms with Crippen molar-refractivity contribution in [3.05, 3.63) is 29.8 Å². The minimum absolute atomic E-state index is 0.0308. The first-order chi connectivity index (χ1) is 8.90. The van der Waals surface area contributed by atoms with Gasteiger partial charge in [0.15, 0.2) is 6.61 Å². The Kier molecular flexibility index (Phi) is 5.78. The zero-order valence-corrected chi connectivity index (χ0v) is 11.6. The summed E-state index contributed by atoms with van der Waals surface area (Å²) in [5.41, 5.74) is 0.689. The lowest BCUT2D eigenvalue weighted by Gasteiger charge is -2.06. The topological polar surface area (TPSA) is 78.9 Å². The van der Waals surface area contributed by atoms with Crippen molar-refractivity contribution in [3.63, 3.8) is 0 Å². The number of rotatable bonds is 7. The number of carbonyl (C=O) groups is 1. The van der Waals surface area contributed by atoms with Gasteiger partial charge in [-0.2, -0.15) is 8.42 Å². The van der Waals surface area contributed by atoms with Crippen LogP contribution in [-0.2, 0) is 30.4 Å². The number of hydrogen-bond donors (Lipinski definition) is 0. The largest absolute Gasteiger partial charge is 0.482 e. The van der Waals surface area contributed by atoms with E-state index in [-0.39, 0.29) is 13.2 Å². The zero-order chi connectivity index (χ0) is 14.3. The van der Waals surface area contributed by atoms with Gasteiger partial charge in [-0.15, -0.1) is 0 Å². The highest BCUT2D eigenvalue weighted by Crippen LogP contribution is 2.13. The standard InChI is InChI=1S/C12H16O6S/c1-3-16-12(13)9-17-11-6-4-10(5-7-11)8-18-19(2,14)15/h4-7H,3,8-9H2,1-2H3. The molecule has 7 heteroatoms. The Hall–Kier alpha value is -1.60. The number of benzene rings is 1. The molecular formula is C12H16O6S. The molecule has 1 rings (SSSR count). The molecule has 1 aromatic carbocycles. The van der Waals surface area contributed by atoms with Crippen molar-refractivity contribution in [2.75, 3.05) is 19.5 Å². The first kappa shape index (κ1) is 15.5. The van der Waals surface area contributed by atoms with Gasteiger partial charge in [-0.1, -0.05) is 12.1 Å². The molecule has 0 heterocycles. The van der Waals surface area contributed by atoms with Crippen molar-refractivity contribution >= 4 is 16.1 Å². The number of hydrogen-bond acceptors (Lipinski definition) is 6. The lowest BCUT2D eigenvalue weighted by atomic mass is 10.2. The molecule has 0 bridgehead atoms. The van der Waals surface area contributed by atoms with E-state index in [2.05, 4.69) is 4.18 Å². The summed E-state index contributed by atoms with van der Waals surface area (Å²) in [6.07, 6.45) is 0.990. The normalized spacial score (nSPS) is 11.1. The summed E-state index contributed by atoms with van der Waals surface area (Å²) in [7, 11) is -3.45. The third kappa shape index (κ3) is 6.78. The summed E-state index contributed by atoms with van der Waals surface area (Å²) in [6, 6.07) is 6.57. The van der Waals surface area contributed by atoms with Crippen LogP contribution < -0.4 is 4.74 Å².